The van der Waals surface area contributed by atoms with E-state index in [0.717, 1.165) is 0 Å². The normalized spacial score (nSPS) is 11.5. The van der Waals surface area contributed by atoms with Crippen molar-refractivity contribution in [1.82, 2.24) is 20.3 Å². The Morgan fingerprint density at radius 3 is 2.58 bits per heavy atom. The number of amides is 1. The van der Waals surface area contributed by atoms with Gasteiger partial charge in [0, 0.05) is 18.4 Å². The zero-order valence-electron chi connectivity index (χ0n) is 12.7. The van der Waals surface area contributed by atoms with Crippen LogP contribution in [-0.4, -0.2) is 26.2 Å². The number of hydrogen-bond acceptors (Lipinski definition) is 7. The van der Waals surface area contributed by atoms with Gasteiger partial charge in [-0.3, -0.25) is 4.79 Å². The van der Waals surface area contributed by atoms with E-state index in [1.807, 2.05) is 0 Å². The van der Waals surface area contributed by atoms with E-state index in [4.69, 9.17) is 4.52 Å². The summed E-state index contributed by atoms with van der Waals surface area (Å²) < 4.78 is 55.1. The molecular weight excluding hydrogens is 378 g/mol. The van der Waals surface area contributed by atoms with Crippen molar-refractivity contribution in [2.75, 3.05) is 5.32 Å². The first-order valence-corrected chi connectivity index (χ1v) is 7.92. The van der Waals surface area contributed by atoms with Gasteiger partial charge in [-0.25, -0.2) is 4.39 Å². The molecule has 1 N–H and O–H groups in total. The van der Waals surface area contributed by atoms with Gasteiger partial charge in [0.15, 0.2) is 0 Å². The van der Waals surface area contributed by atoms with E-state index in [1.165, 1.54) is 24.3 Å². The number of nitrogens with zero attached hydrogens (tertiary/aromatic N) is 4. The fourth-order valence-electron chi connectivity index (χ4n) is 1.86. The molecule has 12 heteroatoms. The van der Waals surface area contributed by atoms with Crippen molar-refractivity contribution in [2.45, 2.75) is 19.0 Å². The van der Waals surface area contributed by atoms with Crippen molar-refractivity contribution in [3.63, 3.8) is 0 Å². The summed E-state index contributed by atoms with van der Waals surface area (Å²) in [6, 6.07) is 5.45. The van der Waals surface area contributed by atoms with E-state index in [0.29, 0.717) is 5.56 Å². The molecular formula is C14H9F4N5O2S. The Morgan fingerprint density at radius 2 is 1.92 bits per heavy atom. The van der Waals surface area contributed by atoms with Crippen molar-refractivity contribution in [1.29, 1.82) is 0 Å². The van der Waals surface area contributed by atoms with Crippen LogP contribution in [-0.2, 0) is 17.4 Å². The van der Waals surface area contributed by atoms with Crippen molar-refractivity contribution < 1.29 is 26.9 Å². The Balaban J connectivity index is 1.55. The highest BCUT2D eigenvalue weighted by Crippen LogP contribution is 2.33. The van der Waals surface area contributed by atoms with Crippen LogP contribution >= 0.6 is 11.3 Å². The summed E-state index contributed by atoms with van der Waals surface area (Å²) in [7, 11) is 0. The lowest BCUT2D eigenvalue weighted by molar-refractivity contribution is -0.138. The van der Waals surface area contributed by atoms with Gasteiger partial charge in [0.05, 0.1) is 0 Å². The second-order valence-corrected chi connectivity index (χ2v) is 5.95. The smallest absolute Gasteiger partial charge is 0.339 e. The van der Waals surface area contributed by atoms with Gasteiger partial charge in [0.1, 0.15) is 5.82 Å². The van der Waals surface area contributed by atoms with Crippen LogP contribution < -0.4 is 5.32 Å². The van der Waals surface area contributed by atoms with Crippen LogP contribution in [0.1, 0.15) is 17.3 Å². The van der Waals surface area contributed by atoms with Gasteiger partial charge in [0.25, 0.3) is 0 Å². The summed E-state index contributed by atoms with van der Waals surface area (Å²) in [5.74, 6) is -0.581. The number of carbonyl (C=O) groups excluding carboxylic acids is 1. The number of anilines is 1. The van der Waals surface area contributed by atoms with Crippen LogP contribution in [0.25, 0.3) is 11.4 Å². The van der Waals surface area contributed by atoms with Gasteiger partial charge < -0.3 is 9.84 Å². The Kier molecular flexibility index (Phi) is 4.93. The Labute approximate surface area is 147 Å². The lowest BCUT2D eigenvalue weighted by Gasteiger charge is -1.99. The molecule has 0 aliphatic rings. The van der Waals surface area contributed by atoms with Crippen LogP contribution in [0.3, 0.4) is 0 Å². The van der Waals surface area contributed by atoms with Crippen LogP contribution in [0.2, 0.25) is 0 Å². The third-order valence-corrected chi connectivity index (χ3v) is 3.93. The Hall–Kier alpha value is -2.89. The number of rotatable bonds is 5. The molecule has 0 saturated carbocycles. The number of hydrogen-bond donors (Lipinski definition) is 1. The molecule has 2 heterocycles. The minimum Gasteiger partial charge on any atom is -0.339 e. The molecule has 136 valence electrons. The molecule has 0 radical (unpaired) electrons. The van der Waals surface area contributed by atoms with E-state index in [1.54, 1.807) is 0 Å². The number of carbonyl (C=O) groups is 1. The first kappa shape index (κ1) is 17.9. The van der Waals surface area contributed by atoms with Crippen LogP contribution in [0, 0.1) is 5.82 Å². The summed E-state index contributed by atoms with van der Waals surface area (Å²) >= 11 is 0.231. The Bertz CT molecular complexity index is 907. The van der Waals surface area contributed by atoms with E-state index in [-0.39, 0.29) is 41.0 Å². The number of halogens is 4. The average Bonchev–Trinajstić information content (AvgIpc) is 3.22. The topological polar surface area (TPSA) is 93.8 Å². The molecule has 0 aliphatic carbocycles. The van der Waals surface area contributed by atoms with Gasteiger partial charge in [-0.05, 0) is 24.3 Å². The monoisotopic (exact) mass is 387 g/mol. The standard InChI is InChI=1S/C14H9F4N5O2S/c15-8-3-1-7(2-4-8)11-20-10(25-23-11)6-5-9(24)19-13-22-21-12(26-13)14(16,17)18/h1-4H,5-6H2,(H,19,22,24). The quantitative estimate of drug-likeness (QED) is 0.675. The predicted molar refractivity (Wildman–Crippen MR) is 81.6 cm³/mol. The SMILES string of the molecule is O=C(CCc1nc(-c2ccc(F)cc2)no1)Nc1nnc(C(F)(F)F)s1. The van der Waals surface area contributed by atoms with Crippen molar-refractivity contribution in [3.05, 3.63) is 41.0 Å². The van der Waals surface area contributed by atoms with Crippen molar-refractivity contribution in [3.8, 4) is 11.4 Å². The molecule has 3 rings (SSSR count). The van der Waals surface area contributed by atoms with Crippen LogP contribution in [0.4, 0.5) is 22.7 Å². The van der Waals surface area contributed by atoms with Crippen LogP contribution in [0.15, 0.2) is 28.8 Å². The largest absolute Gasteiger partial charge is 0.445 e. The third-order valence-electron chi connectivity index (χ3n) is 3.05. The molecule has 7 nitrogen and oxygen atoms in total. The minimum atomic E-state index is -4.61. The van der Waals surface area contributed by atoms with Gasteiger partial charge in [-0.2, -0.15) is 18.2 Å². The first-order valence-electron chi connectivity index (χ1n) is 7.10. The lowest BCUT2D eigenvalue weighted by atomic mass is 10.2. The van der Waals surface area contributed by atoms with Gasteiger partial charge in [-0.1, -0.05) is 16.5 Å². The summed E-state index contributed by atoms with van der Waals surface area (Å²) in [5, 5.41) is 10.8. The van der Waals surface area contributed by atoms with Gasteiger partial charge in [-0.15, -0.1) is 10.2 Å². The molecule has 1 aromatic carbocycles. The zero-order valence-corrected chi connectivity index (χ0v) is 13.6. The number of alkyl halides is 3. The first-order chi connectivity index (χ1) is 12.3. The zero-order chi connectivity index (χ0) is 18.7. The molecule has 0 spiro atoms. The van der Waals surface area contributed by atoms with Crippen LogP contribution in [0.5, 0.6) is 0 Å². The maximum Gasteiger partial charge on any atom is 0.445 e. The maximum absolute atomic E-state index is 12.9. The number of benzene rings is 1. The highest BCUT2D eigenvalue weighted by molar-refractivity contribution is 7.15. The second kappa shape index (κ2) is 7.15. The van der Waals surface area contributed by atoms with Gasteiger partial charge >= 0.3 is 6.18 Å². The maximum atomic E-state index is 12.9. The summed E-state index contributed by atoms with van der Waals surface area (Å²) in [6.45, 7) is 0. The molecule has 2 aromatic heterocycles. The third kappa shape index (κ3) is 4.39. The fourth-order valence-corrected chi connectivity index (χ4v) is 2.49. The fraction of sp³-hybridized carbons (Fsp3) is 0.214. The van der Waals surface area contributed by atoms with Crippen molar-refractivity contribution in [2.24, 2.45) is 0 Å². The number of nitrogens with one attached hydrogen (secondary N) is 1. The summed E-state index contributed by atoms with van der Waals surface area (Å²) in [5.41, 5.74) is 0.541. The van der Waals surface area contributed by atoms with E-state index in [2.05, 4.69) is 25.7 Å². The number of aryl methyl sites for hydroxylation is 1. The molecule has 1 amide bonds. The Morgan fingerprint density at radius 1 is 1.19 bits per heavy atom. The molecule has 0 atom stereocenters. The molecule has 0 bridgehead atoms. The van der Waals surface area contributed by atoms with Crippen molar-refractivity contribution >= 4 is 22.4 Å². The molecule has 26 heavy (non-hydrogen) atoms. The molecule has 0 fully saturated rings. The number of aromatic nitrogens is 4. The highest BCUT2D eigenvalue weighted by Gasteiger charge is 2.35. The molecule has 0 saturated heterocycles. The molecule has 0 unspecified atom stereocenters. The molecule has 0 aliphatic heterocycles. The minimum absolute atomic E-state index is 0.0744. The second-order valence-electron chi connectivity index (χ2n) is 4.98. The molecule has 3 aromatic rings. The summed E-state index contributed by atoms with van der Waals surface area (Å²) in [4.78, 5) is 15.8. The highest BCUT2D eigenvalue weighted by atomic mass is 32.1. The summed E-state index contributed by atoms with van der Waals surface area (Å²) in [6.07, 6.45) is -4.64. The van der Waals surface area contributed by atoms with E-state index in [9.17, 15) is 22.4 Å². The van der Waals surface area contributed by atoms with Gasteiger partial charge in [0.2, 0.25) is 27.8 Å². The average molecular weight is 387 g/mol. The lowest BCUT2D eigenvalue weighted by Crippen LogP contribution is -2.12. The van der Waals surface area contributed by atoms with E-state index >= 15 is 0 Å². The van der Waals surface area contributed by atoms with E-state index < -0.39 is 22.9 Å². The predicted octanol–water partition coefficient (Wildman–Crippen LogP) is 3.32.